The van der Waals surface area contributed by atoms with Gasteiger partial charge in [-0.15, -0.1) is 0 Å². The molecule has 0 saturated carbocycles. The van der Waals surface area contributed by atoms with Crippen molar-refractivity contribution < 1.29 is 23.9 Å². The van der Waals surface area contributed by atoms with E-state index in [9.17, 15) is 14.4 Å². The zero-order valence-corrected chi connectivity index (χ0v) is 13.0. The van der Waals surface area contributed by atoms with Crippen LogP contribution in [0.3, 0.4) is 0 Å². The molecule has 0 bridgehead atoms. The van der Waals surface area contributed by atoms with Crippen molar-refractivity contribution in [1.29, 1.82) is 0 Å². The number of ether oxygens (including phenoxy) is 2. The fourth-order valence-electron chi connectivity index (χ4n) is 1.47. The van der Waals surface area contributed by atoms with Gasteiger partial charge >= 0.3 is 12.0 Å². The molecule has 3 amide bonds. The minimum Gasteiger partial charge on any atom is -0.482 e. The summed E-state index contributed by atoms with van der Waals surface area (Å²) in [4.78, 5) is 33.8. The maximum atomic E-state index is 11.5. The molecule has 1 rings (SSSR count). The zero-order chi connectivity index (χ0) is 16.5. The van der Waals surface area contributed by atoms with Crippen LogP contribution in [0.25, 0.3) is 0 Å². The van der Waals surface area contributed by atoms with E-state index in [4.69, 9.17) is 16.3 Å². The molecular weight excluding hydrogens is 312 g/mol. The lowest BCUT2D eigenvalue weighted by molar-refractivity contribution is -0.150. The van der Waals surface area contributed by atoms with Crippen molar-refractivity contribution in [2.45, 2.75) is 13.8 Å². The van der Waals surface area contributed by atoms with Crippen molar-refractivity contribution >= 4 is 29.5 Å². The summed E-state index contributed by atoms with van der Waals surface area (Å²) >= 11 is 5.80. The van der Waals surface area contributed by atoms with Gasteiger partial charge in [0.25, 0.3) is 5.91 Å². The third kappa shape index (κ3) is 6.45. The largest absolute Gasteiger partial charge is 0.482 e. The molecule has 22 heavy (non-hydrogen) atoms. The van der Waals surface area contributed by atoms with E-state index in [1.807, 2.05) is 5.32 Å². The van der Waals surface area contributed by atoms with Gasteiger partial charge in [-0.1, -0.05) is 11.6 Å². The third-order valence-corrected chi connectivity index (χ3v) is 2.67. The van der Waals surface area contributed by atoms with Crippen LogP contribution in [-0.2, 0) is 14.3 Å². The van der Waals surface area contributed by atoms with Crippen LogP contribution in [0.15, 0.2) is 18.2 Å². The molecule has 0 atom stereocenters. The molecule has 0 aliphatic carbocycles. The van der Waals surface area contributed by atoms with Gasteiger partial charge in [-0.2, -0.15) is 0 Å². The molecule has 0 unspecified atom stereocenters. The second-order valence-corrected chi connectivity index (χ2v) is 4.70. The van der Waals surface area contributed by atoms with Gasteiger partial charge in [-0.05, 0) is 37.6 Å². The lowest BCUT2D eigenvalue weighted by Crippen LogP contribution is -2.41. The Hall–Kier alpha value is -2.28. The molecule has 7 nitrogen and oxygen atoms in total. The zero-order valence-electron chi connectivity index (χ0n) is 12.3. The number of amides is 3. The highest BCUT2D eigenvalue weighted by atomic mass is 35.5. The molecule has 0 radical (unpaired) electrons. The Morgan fingerprint density at radius 2 is 1.95 bits per heavy atom. The maximum Gasteiger partial charge on any atom is 0.344 e. The van der Waals surface area contributed by atoms with E-state index in [1.54, 1.807) is 32.0 Å². The lowest BCUT2D eigenvalue weighted by atomic mass is 10.2. The van der Waals surface area contributed by atoms with E-state index in [0.29, 0.717) is 17.3 Å². The number of rotatable bonds is 6. The van der Waals surface area contributed by atoms with Gasteiger partial charge in [0, 0.05) is 11.6 Å². The maximum absolute atomic E-state index is 11.5. The van der Waals surface area contributed by atoms with E-state index in [2.05, 4.69) is 10.1 Å². The highest BCUT2D eigenvalue weighted by Crippen LogP contribution is 2.21. The van der Waals surface area contributed by atoms with Crippen LogP contribution in [0.2, 0.25) is 5.02 Å². The molecule has 0 saturated heterocycles. The first kappa shape index (κ1) is 17.8. The Morgan fingerprint density at radius 1 is 1.23 bits per heavy atom. The average Bonchev–Trinajstić information content (AvgIpc) is 2.44. The molecule has 120 valence electrons. The monoisotopic (exact) mass is 328 g/mol. The molecule has 0 aliphatic rings. The first-order valence-electron chi connectivity index (χ1n) is 6.54. The molecule has 0 spiro atoms. The molecule has 0 aliphatic heterocycles. The Kier molecular flexibility index (Phi) is 7.18. The fourth-order valence-corrected chi connectivity index (χ4v) is 1.69. The fraction of sp³-hybridized carbons (Fsp3) is 0.357. The molecule has 0 aromatic heterocycles. The van der Waals surface area contributed by atoms with Gasteiger partial charge in [-0.3, -0.25) is 10.1 Å². The van der Waals surface area contributed by atoms with E-state index in [-0.39, 0.29) is 6.61 Å². The minimum absolute atomic E-state index is 0.350. The van der Waals surface area contributed by atoms with Crippen LogP contribution in [0, 0.1) is 6.92 Å². The van der Waals surface area contributed by atoms with Crippen molar-refractivity contribution in [3.8, 4) is 5.75 Å². The van der Waals surface area contributed by atoms with Crippen LogP contribution < -0.4 is 15.4 Å². The highest BCUT2D eigenvalue weighted by molar-refractivity contribution is 6.30. The molecule has 0 fully saturated rings. The summed E-state index contributed by atoms with van der Waals surface area (Å²) in [5, 5.41) is 4.94. The number of urea groups is 1. The summed E-state index contributed by atoms with van der Waals surface area (Å²) in [5.74, 6) is -0.949. The Balaban J connectivity index is 2.31. The molecule has 8 heteroatoms. The second kappa shape index (κ2) is 8.89. The van der Waals surface area contributed by atoms with E-state index in [1.165, 1.54) is 0 Å². The van der Waals surface area contributed by atoms with Crippen molar-refractivity contribution in [2.24, 2.45) is 0 Å². The number of esters is 1. The third-order valence-electron chi connectivity index (χ3n) is 2.44. The van der Waals surface area contributed by atoms with Crippen molar-refractivity contribution in [2.75, 3.05) is 19.8 Å². The summed E-state index contributed by atoms with van der Waals surface area (Å²) in [5.41, 5.74) is 0.772. The Labute approximate surface area is 132 Å². The number of hydrogen-bond donors (Lipinski definition) is 2. The summed E-state index contributed by atoms with van der Waals surface area (Å²) in [6.07, 6.45) is 0. The number of benzene rings is 1. The first-order valence-corrected chi connectivity index (χ1v) is 6.92. The number of carbonyl (C=O) groups excluding carboxylic acids is 3. The lowest BCUT2D eigenvalue weighted by Gasteiger charge is -2.09. The average molecular weight is 329 g/mol. The number of imide groups is 1. The van der Waals surface area contributed by atoms with Crippen LogP contribution in [0.1, 0.15) is 12.5 Å². The van der Waals surface area contributed by atoms with E-state index < -0.39 is 24.5 Å². The van der Waals surface area contributed by atoms with Gasteiger partial charge in [-0.25, -0.2) is 9.59 Å². The highest BCUT2D eigenvalue weighted by Gasteiger charge is 2.11. The quantitative estimate of drug-likeness (QED) is 0.770. The number of carbonyl (C=O) groups is 3. The molecule has 2 N–H and O–H groups in total. The van der Waals surface area contributed by atoms with Crippen LogP contribution in [-0.4, -0.2) is 37.7 Å². The summed E-state index contributed by atoms with van der Waals surface area (Å²) in [6.45, 7) is 2.97. The SMILES string of the molecule is CCNC(=O)NC(=O)COC(=O)COc1ccc(Cl)cc1C. The van der Waals surface area contributed by atoms with Crippen molar-refractivity contribution in [3.05, 3.63) is 28.8 Å². The summed E-state index contributed by atoms with van der Waals surface area (Å²) < 4.78 is 9.95. The second-order valence-electron chi connectivity index (χ2n) is 4.27. The van der Waals surface area contributed by atoms with E-state index in [0.717, 1.165) is 5.56 Å². The van der Waals surface area contributed by atoms with Gasteiger partial charge < -0.3 is 14.8 Å². The molecule has 1 aromatic carbocycles. The summed E-state index contributed by atoms with van der Waals surface area (Å²) in [6, 6.07) is 4.32. The van der Waals surface area contributed by atoms with E-state index >= 15 is 0 Å². The predicted octanol–water partition coefficient (Wildman–Crippen LogP) is 1.42. The van der Waals surface area contributed by atoms with Crippen molar-refractivity contribution in [3.63, 3.8) is 0 Å². The first-order chi connectivity index (χ1) is 10.4. The smallest absolute Gasteiger partial charge is 0.344 e. The van der Waals surface area contributed by atoms with Gasteiger partial charge in [0.2, 0.25) is 0 Å². The van der Waals surface area contributed by atoms with Crippen LogP contribution in [0.4, 0.5) is 4.79 Å². The standard InChI is InChI=1S/C14H17ClN2O5/c1-3-16-14(20)17-12(18)7-22-13(19)8-21-11-5-4-10(15)6-9(11)2/h4-6H,3,7-8H2,1-2H3,(H2,16,17,18,20). The minimum atomic E-state index is -0.722. The molecule has 0 heterocycles. The molecular formula is C14H17ClN2O5. The number of nitrogens with one attached hydrogen (secondary N) is 2. The normalized spacial score (nSPS) is 9.77. The predicted molar refractivity (Wildman–Crippen MR) is 79.9 cm³/mol. The van der Waals surface area contributed by atoms with Crippen LogP contribution in [0.5, 0.6) is 5.75 Å². The van der Waals surface area contributed by atoms with Gasteiger partial charge in [0.05, 0.1) is 0 Å². The van der Waals surface area contributed by atoms with Crippen molar-refractivity contribution in [1.82, 2.24) is 10.6 Å². The Morgan fingerprint density at radius 3 is 2.59 bits per heavy atom. The number of hydrogen-bond acceptors (Lipinski definition) is 5. The van der Waals surface area contributed by atoms with Gasteiger partial charge in [0.1, 0.15) is 5.75 Å². The summed E-state index contributed by atoms with van der Waals surface area (Å²) in [7, 11) is 0. The topological polar surface area (TPSA) is 93.7 Å². The number of aryl methyl sites for hydroxylation is 1. The molecule has 1 aromatic rings. The Bertz CT molecular complexity index is 562. The number of halogens is 1. The van der Waals surface area contributed by atoms with Crippen LogP contribution >= 0.6 is 11.6 Å². The van der Waals surface area contributed by atoms with Gasteiger partial charge in [0.15, 0.2) is 13.2 Å².